The average Bonchev–Trinajstić information content (AvgIpc) is 2.20. The van der Waals surface area contributed by atoms with Crippen molar-refractivity contribution in [1.29, 1.82) is 0 Å². The Morgan fingerprint density at radius 2 is 1.94 bits per heavy atom. The monoisotopic (exact) mass is 217 g/mol. The molecule has 0 unspecified atom stereocenters. The van der Waals surface area contributed by atoms with E-state index in [4.69, 9.17) is 0 Å². The van der Waals surface area contributed by atoms with Gasteiger partial charge < -0.3 is 4.90 Å². The number of rotatable bonds is 3. The minimum Gasteiger partial charge on any atom is -0.315 e. The zero-order chi connectivity index (χ0) is 12.3. The van der Waals surface area contributed by atoms with Gasteiger partial charge in [-0.05, 0) is 44.0 Å². The van der Waals surface area contributed by atoms with Crippen LogP contribution in [0.1, 0.15) is 24.5 Å². The smallest absolute Gasteiger partial charge is 0.230 e. The molecular weight excluding hydrogens is 198 g/mol. The molecule has 0 aliphatic rings. The number of benzene rings is 1. The van der Waals surface area contributed by atoms with Crippen molar-refractivity contribution in [1.82, 2.24) is 0 Å². The van der Waals surface area contributed by atoms with Crippen molar-refractivity contribution in [2.45, 2.75) is 27.2 Å². The maximum absolute atomic E-state index is 11.8. The molecule has 0 spiro atoms. The van der Waals surface area contributed by atoms with E-state index < -0.39 is 0 Å². The number of hydrogen-bond donors (Lipinski definition) is 0. The summed E-state index contributed by atoms with van der Waals surface area (Å²) < 4.78 is 0. The van der Waals surface area contributed by atoms with E-state index >= 15 is 0 Å². The first-order valence-electron chi connectivity index (χ1n) is 5.40. The molecule has 0 saturated heterocycles. The second-order valence-corrected chi connectivity index (χ2v) is 4.36. The van der Waals surface area contributed by atoms with E-state index in [9.17, 15) is 4.79 Å². The molecule has 0 heterocycles. The summed E-state index contributed by atoms with van der Waals surface area (Å²) in [6, 6.07) is 6.04. The summed E-state index contributed by atoms with van der Waals surface area (Å²) in [5.74, 6) is 0.0794. The van der Waals surface area contributed by atoms with E-state index in [-0.39, 0.29) is 5.91 Å². The lowest BCUT2D eigenvalue weighted by Gasteiger charge is -2.18. The average molecular weight is 217 g/mol. The number of carbonyl (C=O) groups excluding carboxylic acids is 1. The lowest BCUT2D eigenvalue weighted by atomic mass is 10.1. The highest BCUT2D eigenvalue weighted by atomic mass is 16.2. The predicted molar refractivity (Wildman–Crippen MR) is 68.8 cm³/mol. The zero-order valence-corrected chi connectivity index (χ0v) is 10.5. The van der Waals surface area contributed by atoms with Crippen LogP contribution in [0.15, 0.2) is 30.4 Å². The molecule has 0 aliphatic heterocycles. The van der Waals surface area contributed by atoms with Crippen molar-refractivity contribution in [2.75, 3.05) is 11.9 Å². The fourth-order valence-corrected chi connectivity index (χ4v) is 1.45. The lowest BCUT2D eigenvalue weighted by Crippen LogP contribution is -2.26. The number of nitrogens with zero attached hydrogens (tertiary/aromatic N) is 1. The summed E-state index contributed by atoms with van der Waals surface area (Å²) in [7, 11) is 1.80. The molecule has 2 heteroatoms. The quantitative estimate of drug-likeness (QED) is 0.712. The van der Waals surface area contributed by atoms with Gasteiger partial charge in [-0.15, -0.1) is 0 Å². The Morgan fingerprint density at radius 1 is 1.31 bits per heavy atom. The molecule has 16 heavy (non-hydrogen) atoms. The molecule has 0 radical (unpaired) electrons. The first-order valence-corrected chi connectivity index (χ1v) is 5.40. The van der Waals surface area contributed by atoms with Crippen LogP contribution in [0.5, 0.6) is 0 Å². The standard InChI is InChI=1S/C14H19NO/c1-10(2)8-14(16)15(5)13-7-6-11(3)12(4)9-13/h6-7,9H,1,8H2,2-5H3. The molecule has 86 valence electrons. The number of hydrogen-bond acceptors (Lipinski definition) is 1. The molecule has 1 rings (SSSR count). The Bertz CT molecular complexity index is 421. The Balaban J connectivity index is 2.87. The highest BCUT2D eigenvalue weighted by Gasteiger charge is 2.11. The molecule has 1 amide bonds. The fourth-order valence-electron chi connectivity index (χ4n) is 1.45. The van der Waals surface area contributed by atoms with Crippen LogP contribution in [-0.4, -0.2) is 13.0 Å². The van der Waals surface area contributed by atoms with Gasteiger partial charge in [0, 0.05) is 19.2 Å². The molecule has 2 nitrogen and oxygen atoms in total. The van der Waals surface area contributed by atoms with Gasteiger partial charge in [0.05, 0.1) is 0 Å². The Hall–Kier alpha value is -1.57. The third-order valence-corrected chi connectivity index (χ3v) is 2.70. The second kappa shape index (κ2) is 4.97. The molecule has 1 aromatic rings. The van der Waals surface area contributed by atoms with Crippen LogP contribution >= 0.6 is 0 Å². The van der Waals surface area contributed by atoms with Crippen molar-refractivity contribution in [3.63, 3.8) is 0 Å². The highest BCUT2D eigenvalue weighted by molar-refractivity contribution is 5.94. The summed E-state index contributed by atoms with van der Waals surface area (Å²) in [6.45, 7) is 9.74. The van der Waals surface area contributed by atoms with Gasteiger partial charge in [0.25, 0.3) is 0 Å². The third-order valence-electron chi connectivity index (χ3n) is 2.70. The van der Waals surface area contributed by atoms with Crippen LogP contribution in [-0.2, 0) is 4.79 Å². The largest absolute Gasteiger partial charge is 0.315 e. The van der Waals surface area contributed by atoms with Crippen molar-refractivity contribution >= 4 is 11.6 Å². The first kappa shape index (κ1) is 12.5. The molecule has 0 atom stereocenters. The Kier molecular flexibility index (Phi) is 3.88. The molecule has 0 aromatic heterocycles. The number of anilines is 1. The second-order valence-electron chi connectivity index (χ2n) is 4.36. The van der Waals surface area contributed by atoms with Crippen LogP contribution in [0, 0.1) is 13.8 Å². The molecular formula is C14H19NO. The first-order chi connectivity index (χ1) is 7.41. The lowest BCUT2D eigenvalue weighted by molar-refractivity contribution is -0.117. The third kappa shape index (κ3) is 2.96. The van der Waals surface area contributed by atoms with E-state index in [2.05, 4.69) is 20.4 Å². The molecule has 0 fully saturated rings. The molecule has 1 aromatic carbocycles. The van der Waals surface area contributed by atoms with Crippen LogP contribution in [0.4, 0.5) is 5.69 Å². The number of carbonyl (C=O) groups is 1. The van der Waals surface area contributed by atoms with E-state index in [1.807, 2.05) is 25.1 Å². The predicted octanol–water partition coefficient (Wildman–Crippen LogP) is 3.23. The molecule has 0 saturated carbocycles. The highest BCUT2D eigenvalue weighted by Crippen LogP contribution is 2.18. The summed E-state index contributed by atoms with van der Waals surface area (Å²) >= 11 is 0. The normalized spacial score (nSPS) is 10.0. The summed E-state index contributed by atoms with van der Waals surface area (Å²) in [4.78, 5) is 13.5. The molecule has 0 aliphatic carbocycles. The number of amides is 1. The van der Waals surface area contributed by atoms with Gasteiger partial charge in [-0.1, -0.05) is 18.2 Å². The summed E-state index contributed by atoms with van der Waals surface area (Å²) in [5, 5.41) is 0. The molecule has 0 N–H and O–H groups in total. The minimum absolute atomic E-state index is 0.0794. The topological polar surface area (TPSA) is 20.3 Å². The van der Waals surface area contributed by atoms with Crippen LogP contribution in [0.25, 0.3) is 0 Å². The maximum atomic E-state index is 11.8. The van der Waals surface area contributed by atoms with Gasteiger partial charge >= 0.3 is 0 Å². The maximum Gasteiger partial charge on any atom is 0.230 e. The van der Waals surface area contributed by atoms with Crippen LogP contribution < -0.4 is 4.90 Å². The van der Waals surface area contributed by atoms with Gasteiger partial charge in [0.2, 0.25) is 5.91 Å². The van der Waals surface area contributed by atoms with Crippen molar-refractivity contribution in [3.05, 3.63) is 41.5 Å². The van der Waals surface area contributed by atoms with Crippen LogP contribution in [0.3, 0.4) is 0 Å². The van der Waals surface area contributed by atoms with E-state index in [1.165, 1.54) is 11.1 Å². The van der Waals surface area contributed by atoms with Crippen molar-refractivity contribution in [2.24, 2.45) is 0 Å². The van der Waals surface area contributed by atoms with E-state index in [0.717, 1.165) is 11.3 Å². The fraction of sp³-hybridized carbons (Fsp3) is 0.357. The number of aryl methyl sites for hydroxylation is 2. The molecule has 0 bridgehead atoms. The van der Waals surface area contributed by atoms with Crippen molar-refractivity contribution in [3.8, 4) is 0 Å². The Labute approximate surface area is 97.6 Å². The van der Waals surface area contributed by atoms with E-state index in [0.29, 0.717) is 6.42 Å². The van der Waals surface area contributed by atoms with E-state index in [1.54, 1.807) is 11.9 Å². The van der Waals surface area contributed by atoms with Crippen LogP contribution in [0.2, 0.25) is 0 Å². The van der Waals surface area contributed by atoms with Gasteiger partial charge in [-0.3, -0.25) is 4.79 Å². The summed E-state index contributed by atoms with van der Waals surface area (Å²) in [5.41, 5.74) is 4.27. The van der Waals surface area contributed by atoms with Gasteiger partial charge in [0.1, 0.15) is 0 Å². The Morgan fingerprint density at radius 3 is 2.44 bits per heavy atom. The summed E-state index contributed by atoms with van der Waals surface area (Å²) in [6.07, 6.45) is 0.406. The van der Waals surface area contributed by atoms with Gasteiger partial charge in [0.15, 0.2) is 0 Å². The minimum atomic E-state index is 0.0794. The zero-order valence-electron chi connectivity index (χ0n) is 10.5. The van der Waals surface area contributed by atoms with Gasteiger partial charge in [-0.25, -0.2) is 0 Å². The van der Waals surface area contributed by atoms with Gasteiger partial charge in [-0.2, -0.15) is 0 Å². The SMILES string of the molecule is C=C(C)CC(=O)N(C)c1ccc(C)c(C)c1. The van der Waals surface area contributed by atoms with Crippen molar-refractivity contribution < 1.29 is 4.79 Å².